The van der Waals surface area contributed by atoms with Crippen LogP contribution in [0.25, 0.3) is 0 Å². The van der Waals surface area contributed by atoms with Gasteiger partial charge in [0.2, 0.25) is 0 Å². The Kier molecular flexibility index (Phi) is 3.46. The molecule has 0 aliphatic carbocycles. The van der Waals surface area contributed by atoms with Crippen LogP contribution in [0.15, 0.2) is 12.4 Å². The molecule has 0 bridgehead atoms. The number of piperazine rings is 1. The van der Waals surface area contributed by atoms with E-state index in [0.29, 0.717) is 6.42 Å². The van der Waals surface area contributed by atoms with Crippen molar-refractivity contribution in [2.75, 3.05) is 38.1 Å². The van der Waals surface area contributed by atoms with Gasteiger partial charge in [0, 0.05) is 38.7 Å². The molecule has 1 aromatic heterocycles. The summed E-state index contributed by atoms with van der Waals surface area (Å²) in [6.07, 6.45) is 2.77. The van der Waals surface area contributed by atoms with Gasteiger partial charge in [-0.15, -0.1) is 0 Å². The second kappa shape index (κ2) is 5.03. The molecule has 1 fully saturated rings. The molecule has 1 aromatic rings. The van der Waals surface area contributed by atoms with Crippen LogP contribution in [0.2, 0.25) is 0 Å². The molecule has 1 aliphatic heterocycles. The van der Waals surface area contributed by atoms with Crippen LogP contribution in [0.5, 0.6) is 0 Å². The highest BCUT2D eigenvalue weighted by atomic mass is 16.1. The summed E-state index contributed by atoms with van der Waals surface area (Å²) in [6.45, 7) is 4.06. The van der Waals surface area contributed by atoms with Crippen LogP contribution in [-0.4, -0.2) is 54.4 Å². The molecule has 0 aromatic carbocycles. The number of carbonyl (C=O) groups is 1. The molecule has 0 N–H and O–H groups in total. The molecule has 2 rings (SSSR count). The van der Waals surface area contributed by atoms with Gasteiger partial charge in [0.1, 0.15) is 18.4 Å². The maximum atomic E-state index is 10.4. The van der Waals surface area contributed by atoms with Crippen LogP contribution in [0.1, 0.15) is 5.69 Å². The molecular weight excluding hydrogens is 204 g/mol. The standard InChI is InChI=1S/C11H16N4O/c1-14-3-5-15(6-4-14)11-8-10(2-7-16)12-9-13-11/h7-9H,2-6H2,1H3. The van der Waals surface area contributed by atoms with E-state index in [0.717, 1.165) is 44.0 Å². The zero-order chi connectivity index (χ0) is 11.4. The minimum Gasteiger partial charge on any atom is -0.354 e. The number of carbonyl (C=O) groups excluding carboxylic acids is 1. The molecule has 5 nitrogen and oxygen atoms in total. The van der Waals surface area contributed by atoms with E-state index in [9.17, 15) is 4.79 Å². The summed E-state index contributed by atoms with van der Waals surface area (Å²) in [6, 6.07) is 1.90. The Labute approximate surface area is 95.1 Å². The average molecular weight is 220 g/mol. The molecule has 5 heteroatoms. The fraction of sp³-hybridized carbons (Fsp3) is 0.545. The number of hydrogen-bond donors (Lipinski definition) is 0. The first-order chi connectivity index (χ1) is 7.79. The third kappa shape index (κ3) is 2.55. The second-order valence-corrected chi connectivity index (χ2v) is 4.03. The molecule has 0 atom stereocenters. The van der Waals surface area contributed by atoms with Gasteiger partial charge >= 0.3 is 0 Å². The normalized spacial score (nSPS) is 17.4. The smallest absolute Gasteiger partial charge is 0.132 e. The van der Waals surface area contributed by atoms with Gasteiger partial charge in [0.15, 0.2) is 0 Å². The number of aldehydes is 1. The molecule has 0 spiro atoms. The Morgan fingerprint density at radius 3 is 2.75 bits per heavy atom. The van der Waals surface area contributed by atoms with E-state index in [1.54, 1.807) is 0 Å². The van der Waals surface area contributed by atoms with E-state index >= 15 is 0 Å². The summed E-state index contributed by atoms with van der Waals surface area (Å²) in [7, 11) is 2.12. The van der Waals surface area contributed by atoms with Crippen molar-refractivity contribution in [2.45, 2.75) is 6.42 Å². The number of likely N-dealkylation sites (N-methyl/N-ethyl adjacent to an activating group) is 1. The predicted octanol–water partition coefficient (Wildman–Crippen LogP) is -0.0302. The number of hydrogen-bond acceptors (Lipinski definition) is 5. The van der Waals surface area contributed by atoms with Gasteiger partial charge in [-0.2, -0.15) is 0 Å². The first-order valence-electron chi connectivity index (χ1n) is 5.47. The van der Waals surface area contributed by atoms with Gasteiger partial charge in [-0.3, -0.25) is 0 Å². The van der Waals surface area contributed by atoms with E-state index in [2.05, 4.69) is 26.8 Å². The molecule has 0 amide bonds. The van der Waals surface area contributed by atoms with Gasteiger partial charge < -0.3 is 14.6 Å². The van der Waals surface area contributed by atoms with Gasteiger partial charge in [-0.25, -0.2) is 9.97 Å². The Balaban J connectivity index is 2.08. The largest absolute Gasteiger partial charge is 0.354 e. The number of nitrogens with zero attached hydrogens (tertiary/aromatic N) is 4. The predicted molar refractivity (Wildman–Crippen MR) is 61.5 cm³/mol. The Morgan fingerprint density at radius 2 is 2.06 bits per heavy atom. The van der Waals surface area contributed by atoms with Crippen molar-refractivity contribution in [3.8, 4) is 0 Å². The quantitative estimate of drug-likeness (QED) is 0.669. The molecular formula is C11H16N4O. The van der Waals surface area contributed by atoms with Crippen LogP contribution in [0.3, 0.4) is 0 Å². The first kappa shape index (κ1) is 11.0. The maximum absolute atomic E-state index is 10.4. The molecule has 1 aliphatic rings. The van der Waals surface area contributed by atoms with Crippen molar-refractivity contribution < 1.29 is 4.79 Å². The van der Waals surface area contributed by atoms with Gasteiger partial charge in [0.25, 0.3) is 0 Å². The number of rotatable bonds is 3. The number of anilines is 1. The van der Waals surface area contributed by atoms with Crippen molar-refractivity contribution in [3.63, 3.8) is 0 Å². The van der Waals surface area contributed by atoms with E-state index in [1.165, 1.54) is 6.33 Å². The summed E-state index contributed by atoms with van der Waals surface area (Å²) >= 11 is 0. The molecule has 2 heterocycles. The minimum atomic E-state index is 0.364. The van der Waals surface area contributed by atoms with Crippen LogP contribution in [-0.2, 0) is 11.2 Å². The summed E-state index contributed by atoms with van der Waals surface area (Å²) in [5, 5.41) is 0. The molecule has 0 saturated carbocycles. The fourth-order valence-corrected chi connectivity index (χ4v) is 1.79. The van der Waals surface area contributed by atoms with E-state index < -0.39 is 0 Å². The van der Waals surface area contributed by atoms with Crippen molar-refractivity contribution in [1.29, 1.82) is 0 Å². The van der Waals surface area contributed by atoms with Gasteiger partial charge in [-0.1, -0.05) is 0 Å². The number of aromatic nitrogens is 2. The van der Waals surface area contributed by atoms with E-state index in [4.69, 9.17) is 0 Å². The highest BCUT2D eigenvalue weighted by molar-refractivity contribution is 5.55. The van der Waals surface area contributed by atoms with Crippen LogP contribution in [0.4, 0.5) is 5.82 Å². The highest BCUT2D eigenvalue weighted by Gasteiger charge is 2.15. The van der Waals surface area contributed by atoms with Gasteiger partial charge in [-0.05, 0) is 7.05 Å². The molecule has 0 unspecified atom stereocenters. The maximum Gasteiger partial charge on any atom is 0.132 e. The Bertz CT molecular complexity index is 361. The second-order valence-electron chi connectivity index (χ2n) is 4.03. The fourth-order valence-electron chi connectivity index (χ4n) is 1.79. The summed E-state index contributed by atoms with van der Waals surface area (Å²) in [5.74, 6) is 0.931. The van der Waals surface area contributed by atoms with Crippen LogP contribution < -0.4 is 4.90 Å². The van der Waals surface area contributed by atoms with E-state index in [1.807, 2.05) is 6.07 Å². The molecule has 16 heavy (non-hydrogen) atoms. The lowest BCUT2D eigenvalue weighted by Gasteiger charge is -2.33. The minimum absolute atomic E-state index is 0.364. The lowest BCUT2D eigenvalue weighted by molar-refractivity contribution is -0.107. The lowest BCUT2D eigenvalue weighted by Crippen LogP contribution is -2.44. The van der Waals surface area contributed by atoms with Crippen molar-refractivity contribution >= 4 is 12.1 Å². The topological polar surface area (TPSA) is 49.3 Å². The Morgan fingerprint density at radius 1 is 1.31 bits per heavy atom. The molecule has 86 valence electrons. The molecule has 0 radical (unpaired) electrons. The van der Waals surface area contributed by atoms with Crippen LogP contribution in [0, 0.1) is 0 Å². The van der Waals surface area contributed by atoms with Crippen molar-refractivity contribution in [3.05, 3.63) is 18.1 Å². The van der Waals surface area contributed by atoms with Crippen molar-refractivity contribution in [1.82, 2.24) is 14.9 Å². The average Bonchev–Trinajstić information content (AvgIpc) is 2.31. The zero-order valence-corrected chi connectivity index (χ0v) is 9.46. The van der Waals surface area contributed by atoms with E-state index in [-0.39, 0.29) is 0 Å². The Hall–Kier alpha value is -1.49. The summed E-state index contributed by atoms with van der Waals surface area (Å²) in [5.41, 5.74) is 0.791. The first-order valence-corrected chi connectivity index (χ1v) is 5.47. The monoisotopic (exact) mass is 220 g/mol. The summed E-state index contributed by atoms with van der Waals surface area (Å²) in [4.78, 5) is 23.3. The zero-order valence-electron chi connectivity index (χ0n) is 9.46. The SMILES string of the molecule is CN1CCN(c2cc(CC=O)ncn2)CC1. The third-order valence-electron chi connectivity index (χ3n) is 2.83. The summed E-state index contributed by atoms with van der Waals surface area (Å²) < 4.78 is 0. The lowest BCUT2D eigenvalue weighted by atomic mass is 10.3. The van der Waals surface area contributed by atoms with Crippen molar-refractivity contribution in [2.24, 2.45) is 0 Å². The van der Waals surface area contributed by atoms with Gasteiger partial charge in [0.05, 0.1) is 5.69 Å². The highest BCUT2D eigenvalue weighted by Crippen LogP contribution is 2.13. The third-order valence-corrected chi connectivity index (χ3v) is 2.83. The molecule has 1 saturated heterocycles. The van der Waals surface area contributed by atoms with Crippen LogP contribution >= 0.6 is 0 Å².